The van der Waals surface area contributed by atoms with Crippen LogP contribution in [-0.4, -0.2) is 6.61 Å². The molecule has 162 valence electrons. The van der Waals surface area contributed by atoms with Gasteiger partial charge in [-0.05, 0) is 38.7 Å². The van der Waals surface area contributed by atoms with Crippen molar-refractivity contribution in [2.45, 2.75) is 59.0 Å². The second-order valence-corrected chi connectivity index (χ2v) is 8.61. The van der Waals surface area contributed by atoms with Gasteiger partial charge in [-0.1, -0.05) is 61.2 Å². The fourth-order valence-electron chi connectivity index (χ4n) is 2.17. The van der Waals surface area contributed by atoms with E-state index in [0.717, 1.165) is 13.2 Å². The molecule has 0 saturated carbocycles. The largest absolute Gasteiger partial charge is 0.790 e. The van der Waals surface area contributed by atoms with E-state index < -0.39 is 15.6 Å². The van der Waals surface area contributed by atoms with Gasteiger partial charge in [0.1, 0.15) is 0 Å². The van der Waals surface area contributed by atoms with E-state index >= 15 is 0 Å². The lowest BCUT2D eigenvalue weighted by Crippen LogP contribution is -2.23. The Hall–Kier alpha value is -0.820. The summed E-state index contributed by atoms with van der Waals surface area (Å²) in [6, 6.07) is 10.4. The minimum Gasteiger partial charge on any atom is -0.790 e. The van der Waals surface area contributed by atoms with Crippen LogP contribution in [0.4, 0.5) is 0 Å². The maximum atomic E-state index is 9.32. The normalized spacial score (nSPS) is 12.4. The Labute approximate surface area is 167 Å². The van der Waals surface area contributed by atoms with Crippen molar-refractivity contribution in [2.24, 2.45) is 0 Å². The van der Waals surface area contributed by atoms with Gasteiger partial charge in [0.25, 0.3) is 0 Å². The van der Waals surface area contributed by atoms with Crippen LogP contribution in [0, 0.1) is 0 Å². The molecular formula is C18H28O8P2-4. The van der Waals surface area contributed by atoms with E-state index in [0.29, 0.717) is 0 Å². The van der Waals surface area contributed by atoms with Gasteiger partial charge >= 0.3 is 0 Å². The zero-order valence-electron chi connectivity index (χ0n) is 16.3. The molecule has 0 bridgehead atoms. The van der Waals surface area contributed by atoms with Crippen molar-refractivity contribution < 1.29 is 37.8 Å². The van der Waals surface area contributed by atoms with E-state index in [1.807, 2.05) is 6.07 Å². The molecule has 10 heteroatoms. The fraction of sp³-hybridized carbons (Fsp3) is 0.556. The van der Waals surface area contributed by atoms with E-state index in [-0.39, 0.29) is 0 Å². The third-order valence-electron chi connectivity index (χ3n) is 3.66. The Morgan fingerprint density at radius 3 is 1.96 bits per heavy atom. The lowest BCUT2D eigenvalue weighted by Gasteiger charge is -2.39. The maximum absolute atomic E-state index is 9.32. The lowest BCUT2D eigenvalue weighted by atomic mass is 10.1. The standard InChI is InChI=1S/C18H28O.H4O7P2/c1-3-17(2)12-8-5-4-6-11-15-19-16-18-13-9-7-10-14-18;1-8(2,3)7-9(4,5)6/h3,7,9-10,13-14H,4-6,8,11-12,15-16H2,1-2H3;(H2,1,2,3)(H2,4,5,6)/p-4/b17-3+;. The summed E-state index contributed by atoms with van der Waals surface area (Å²) in [5, 5.41) is 0. The van der Waals surface area contributed by atoms with Gasteiger partial charge in [-0.3, -0.25) is 0 Å². The molecule has 0 spiro atoms. The smallest absolute Gasteiger partial charge is 0.0716 e. The summed E-state index contributed by atoms with van der Waals surface area (Å²) in [5.41, 5.74) is 2.79. The van der Waals surface area contributed by atoms with Gasteiger partial charge in [0.15, 0.2) is 0 Å². The highest BCUT2D eigenvalue weighted by molar-refractivity contribution is 7.57. The summed E-state index contributed by atoms with van der Waals surface area (Å²) in [4.78, 5) is 37.3. The van der Waals surface area contributed by atoms with Gasteiger partial charge in [-0.25, -0.2) is 0 Å². The number of rotatable bonds is 12. The van der Waals surface area contributed by atoms with Crippen molar-refractivity contribution in [1.29, 1.82) is 0 Å². The summed E-state index contributed by atoms with van der Waals surface area (Å²) >= 11 is 0. The van der Waals surface area contributed by atoms with E-state index in [1.54, 1.807) is 0 Å². The maximum Gasteiger partial charge on any atom is 0.0716 e. The highest BCUT2D eigenvalue weighted by atomic mass is 31.3. The van der Waals surface area contributed by atoms with Gasteiger partial charge in [0, 0.05) is 6.61 Å². The first-order valence-corrected chi connectivity index (χ1v) is 11.9. The van der Waals surface area contributed by atoms with Crippen LogP contribution < -0.4 is 19.6 Å². The molecule has 0 aliphatic carbocycles. The van der Waals surface area contributed by atoms with Crippen molar-refractivity contribution in [3.63, 3.8) is 0 Å². The van der Waals surface area contributed by atoms with Crippen LogP contribution in [0.3, 0.4) is 0 Å². The highest BCUT2D eigenvalue weighted by Crippen LogP contribution is 2.42. The van der Waals surface area contributed by atoms with Crippen molar-refractivity contribution in [3.05, 3.63) is 47.5 Å². The van der Waals surface area contributed by atoms with E-state index in [4.69, 9.17) is 4.74 Å². The SMILES string of the molecule is C/C=C(\C)CCCCCCCOCc1ccccc1.O=P([O-])([O-])OP(=O)([O-])[O-]. The second-order valence-electron chi connectivity index (χ2n) is 6.17. The van der Waals surface area contributed by atoms with Gasteiger partial charge in [-0.15, -0.1) is 0 Å². The number of hydrogen-bond acceptors (Lipinski definition) is 8. The van der Waals surface area contributed by atoms with Gasteiger partial charge < -0.3 is 37.8 Å². The highest BCUT2D eigenvalue weighted by Gasteiger charge is 1.95. The molecule has 1 aromatic rings. The minimum atomic E-state index is -5.68. The molecule has 28 heavy (non-hydrogen) atoms. The molecule has 0 fully saturated rings. The van der Waals surface area contributed by atoms with Crippen LogP contribution in [0.1, 0.15) is 57.9 Å². The van der Waals surface area contributed by atoms with E-state index in [1.165, 1.54) is 49.7 Å². The zero-order valence-corrected chi connectivity index (χ0v) is 18.1. The molecule has 0 N–H and O–H groups in total. The molecule has 0 unspecified atom stereocenters. The van der Waals surface area contributed by atoms with Crippen molar-refractivity contribution in [1.82, 2.24) is 0 Å². The van der Waals surface area contributed by atoms with E-state index in [2.05, 4.69) is 48.5 Å². The summed E-state index contributed by atoms with van der Waals surface area (Å²) < 4.78 is 26.8. The molecule has 0 radical (unpaired) electrons. The molecule has 0 aromatic heterocycles. The van der Waals surface area contributed by atoms with Crippen LogP contribution >= 0.6 is 15.6 Å². The average Bonchev–Trinajstić information content (AvgIpc) is 2.58. The molecule has 1 aromatic carbocycles. The first-order chi connectivity index (χ1) is 13.0. The quantitative estimate of drug-likeness (QED) is 0.276. The molecule has 1 rings (SSSR count). The predicted octanol–water partition coefficient (Wildman–Crippen LogP) is 2.17. The number of benzene rings is 1. The first-order valence-electron chi connectivity index (χ1n) is 9.02. The molecule has 8 nitrogen and oxygen atoms in total. The molecule has 0 aliphatic heterocycles. The lowest BCUT2D eigenvalue weighted by molar-refractivity contribution is -0.364. The van der Waals surface area contributed by atoms with E-state index in [9.17, 15) is 28.7 Å². The monoisotopic (exact) mass is 434 g/mol. The van der Waals surface area contributed by atoms with Crippen LogP contribution in [0.25, 0.3) is 0 Å². The average molecular weight is 434 g/mol. The molecular weight excluding hydrogens is 406 g/mol. The van der Waals surface area contributed by atoms with Crippen LogP contribution in [0.15, 0.2) is 42.0 Å². The molecule has 0 aliphatic rings. The second kappa shape index (κ2) is 15.1. The summed E-state index contributed by atoms with van der Waals surface area (Å²) in [7, 11) is -11.4. The number of hydrogen-bond donors (Lipinski definition) is 0. The van der Waals surface area contributed by atoms with Crippen molar-refractivity contribution in [2.75, 3.05) is 6.61 Å². The Morgan fingerprint density at radius 2 is 1.46 bits per heavy atom. The van der Waals surface area contributed by atoms with Crippen molar-refractivity contribution >= 4 is 15.6 Å². The number of ether oxygens (including phenoxy) is 1. The number of allylic oxidation sites excluding steroid dienone is 2. The summed E-state index contributed by atoms with van der Waals surface area (Å²) in [6.07, 6.45) is 9.99. The molecule has 0 amide bonds. The summed E-state index contributed by atoms with van der Waals surface area (Å²) in [5.74, 6) is 0. The Bertz CT molecular complexity index is 616. The Morgan fingerprint density at radius 1 is 0.929 bits per heavy atom. The topological polar surface area (TPSA) is 145 Å². The van der Waals surface area contributed by atoms with Gasteiger partial charge in [-0.2, -0.15) is 0 Å². The minimum absolute atomic E-state index is 0.751. The van der Waals surface area contributed by atoms with Crippen LogP contribution in [0.2, 0.25) is 0 Å². The number of unbranched alkanes of at least 4 members (excludes halogenated alkanes) is 4. The van der Waals surface area contributed by atoms with Gasteiger partial charge in [0.05, 0.1) is 22.3 Å². The van der Waals surface area contributed by atoms with Gasteiger partial charge in [0.2, 0.25) is 0 Å². The fourth-order valence-corrected chi connectivity index (χ4v) is 3.15. The molecule has 0 saturated heterocycles. The predicted molar refractivity (Wildman–Crippen MR) is 99.5 cm³/mol. The van der Waals surface area contributed by atoms with Crippen LogP contribution in [0.5, 0.6) is 0 Å². The first kappa shape index (κ1) is 27.2. The van der Waals surface area contributed by atoms with Crippen molar-refractivity contribution in [3.8, 4) is 0 Å². The molecule has 0 heterocycles. The van der Waals surface area contributed by atoms with Crippen LogP contribution in [-0.2, 0) is 24.8 Å². The molecule has 0 atom stereocenters. The Balaban J connectivity index is 0.000000684. The Kier molecular flexibility index (Phi) is 14.6. The third kappa shape index (κ3) is 19.9. The summed E-state index contributed by atoms with van der Waals surface area (Å²) in [6.45, 7) is 5.99. The zero-order chi connectivity index (χ0) is 21.5. The third-order valence-corrected chi connectivity index (χ3v) is 5.26. The number of phosphoric acid groups is 2.